The van der Waals surface area contributed by atoms with Crippen molar-refractivity contribution in [2.24, 2.45) is 0 Å². The second-order valence-corrected chi connectivity index (χ2v) is 8.31. The van der Waals surface area contributed by atoms with E-state index in [1.807, 2.05) is 30.3 Å². The predicted octanol–water partition coefficient (Wildman–Crippen LogP) is 5.23. The van der Waals surface area contributed by atoms with Gasteiger partial charge in [-0.3, -0.25) is 4.79 Å². The number of carbonyl (C=O) groups is 1. The molecule has 0 saturated heterocycles. The molecule has 3 aromatic rings. The van der Waals surface area contributed by atoms with Crippen LogP contribution in [0.3, 0.4) is 0 Å². The Labute approximate surface area is 179 Å². The van der Waals surface area contributed by atoms with Gasteiger partial charge >= 0.3 is 6.18 Å². The van der Waals surface area contributed by atoms with Gasteiger partial charge in [0.15, 0.2) is 11.7 Å². The average molecular weight is 455 g/mol. The Balaban J connectivity index is 1.56. The second-order valence-electron chi connectivity index (χ2n) is 6.95. The van der Waals surface area contributed by atoms with Gasteiger partial charge in [-0.1, -0.05) is 48.0 Å². The van der Waals surface area contributed by atoms with Crippen LogP contribution < -0.4 is 10.6 Å². The minimum atomic E-state index is -4.53. The standard InChI is InChI=1S/C20H18ClF3N4OS/c21-16-17(19(29)25-9-8-12-5-2-1-3-6-12)27-28-15(20(22,23)24)11-13(26-18(16)28)14-7-4-10-30-14/h1-7,10,13,15,26H,8-9,11H2,(H,25,29)/t13-,15-/m0/s1. The van der Waals surface area contributed by atoms with E-state index >= 15 is 0 Å². The van der Waals surface area contributed by atoms with E-state index in [-0.39, 0.29) is 23.0 Å². The third kappa shape index (κ3) is 4.17. The van der Waals surface area contributed by atoms with Crippen LogP contribution >= 0.6 is 22.9 Å². The van der Waals surface area contributed by atoms with Gasteiger partial charge in [0, 0.05) is 17.8 Å². The van der Waals surface area contributed by atoms with E-state index < -0.39 is 24.2 Å². The summed E-state index contributed by atoms with van der Waals surface area (Å²) in [6.45, 7) is 0.315. The highest BCUT2D eigenvalue weighted by Crippen LogP contribution is 2.46. The Bertz CT molecular complexity index is 1020. The highest BCUT2D eigenvalue weighted by Gasteiger charge is 2.48. The van der Waals surface area contributed by atoms with Crippen molar-refractivity contribution in [1.82, 2.24) is 15.1 Å². The molecule has 0 spiro atoms. The first-order chi connectivity index (χ1) is 14.3. The minimum Gasteiger partial charge on any atom is -0.361 e. The molecule has 0 radical (unpaired) electrons. The molecule has 3 heterocycles. The monoisotopic (exact) mass is 454 g/mol. The molecule has 2 N–H and O–H groups in total. The summed E-state index contributed by atoms with van der Waals surface area (Å²) in [5, 5.41) is 11.3. The number of alkyl halides is 3. The maximum absolute atomic E-state index is 13.7. The van der Waals surface area contributed by atoms with Gasteiger partial charge in [-0.2, -0.15) is 18.3 Å². The van der Waals surface area contributed by atoms with Crippen LogP contribution in [0.5, 0.6) is 0 Å². The second kappa shape index (κ2) is 8.31. The normalized spacial score (nSPS) is 18.5. The number of aromatic nitrogens is 2. The molecule has 1 amide bonds. The van der Waals surface area contributed by atoms with Gasteiger partial charge in [0.2, 0.25) is 0 Å². The number of hydrogen-bond donors (Lipinski definition) is 2. The highest BCUT2D eigenvalue weighted by molar-refractivity contribution is 7.10. The summed E-state index contributed by atoms with van der Waals surface area (Å²) >= 11 is 7.67. The molecule has 0 aliphatic carbocycles. The van der Waals surface area contributed by atoms with Crippen LogP contribution in [-0.2, 0) is 6.42 Å². The van der Waals surface area contributed by atoms with Gasteiger partial charge in [-0.15, -0.1) is 11.3 Å². The van der Waals surface area contributed by atoms with Crippen LogP contribution in [0, 0.1) is 0 Å². The van der Waals surface area contributed by atoms with Crippen LogP contribution in [-0.4, -0.2) is 28.4 Å². The van der Waals surface area contributed by atoms with Gasteiger partial charge in [0.1, 0.15) is 10.8 Å². The van der Waals surface area contributed by atoms with E-state index in [9.17, 15) is 18.0 Å². The lowest BCUT2D eigenvalue weighted by Crippen LogP contribution is -2.35. The van der Waals surface area contributed by atoms with Crippen molar-refractivity contribution in [2.75, 3.05) is 11.9 Å². The first kappa shape index (κ1) is 20.7. The Morgan fingerprint density at radius 1 is 1.27 bits per heavy atom. The Hall–Kier alpha value is -2.52. The lowest BCUT2D eigenvalue weighted by molar-refractivity contribution is -0.173. The Morgan fingerprint density at radius 3 is 2.70 bits per heavy atom. The van der Waals surface area contributed by atoms with E-state index in [2.05, 4.69) is 15.7 Å². The molecule has 0 bridgehead atoms. The van der Waals surface area contributed by atoms with Crippen LogP contribution in [0.15, 0.2) is 47.8 Å². The fraction of sp³-hybridized carbons (Fsp3) is 0.300. The number of thiophene rings is 1. The summed E-state index contributed by atoms with van der Waals surface area (Å²) < 4.78 is 42.0. The topological polar surface area (TPSA) is 59.0 Å². The SMILES string of the molecule is O=C(NCCc1ccccc1)c1nn2c(c1Cl)N[C@H](c1cccs1)C[C@H]2C(F)(F)F. The predicted molar refractivity (Wildman–Crippen MR) is 110 cm³/mol. The van der Waals surface area contributed by atoms with Crippen molar-refractivity contribution in [3.05, 3.63) is 69.0 Å². The third-order valence-corrected chi connectivity index (χ3v) is 6.28. The van der Waals surface area contributed by atoms with E-state index in [1.165, 1.54) is 11.3 Å². The summed E-state index contributed by atoms with van der Waals surface area (Å²) in [5.74, 6) is -0.593. The Morgan fingerprint density at radius 2 is 2.03 bits per heavy atom. The lowest BCUT2D eigenvalue weighted by Gasteiger charge is -2.32. The number of anilines is 1. The fourth-order valence-electron chi connectivity index (χ4n) is 3.46. The van der Waals surface area contributed by atoms with Crippen LogP contribution in [0.2, 0.25) is 5.02 Å². The van der Waals surface area contributed by atoms with Gasteiger partial charge in [-0.25, -0.2) is 4.68 Å². The first-order valence-electron chi connectivity index (χ1n) is 9.31. The first-order valence-corrected chi connectivity index (χ1v) is 10.6. The molecule has 5 nitrogen and oxygen atoms in total. The fourth-order valence-corrected chi connectivity index (χ4v) is 4.52. The van der Waals surface area contributed by atoms with E-state index in [0.717, 1.165) is 15.1 Å². The van der Waals surface area contributed by atoms with E-state index in [1.54, 1.807) is 17.5 Å². The average Bonchev–Trinajstić information content (AvgIpc) is 3.36. The molecular weight excluding hydrogens is 437 g/mol. The number of carbonyl (C=O) groups excluding carboxylic acids is 1. The zero-order valence-corrected chi connectivity index (χ0v) is 17.2. The molecule has 1 aromatic carbocycles. The third-order valence-electron chi connectivity index (χ3n) is 4.94. The zero-order valence-electron chi connectivity index (χ0n) is 15.6. The van der Waals surface area contributed by atoms with Gasteiger partial charge in [0.05, 0.1) is 6.04 Å². The molecule has 2 atom stereocenters. The zero-order chi connectivity index (χ0) is 21.3. The number of fused-ring (bicyclic) bond motifs is 1. The summed E-state index contributed by atoms with van der Waals surface area (Å²) in [6, 6.07) is 10.7. The van der Waals surface area contributed by atoms with Crippen molar-refractivity contribution < 1.29 is 18.0 Å². The van der Waals surface area contributed by atoms with Crippen LogP contribution in [0.25, 0.3) is 0 Å². The van der Waals surface area contributed by atoms with Crippen molar-refractivity contribution in [1.29, 1.82) is 0 Å². The molecule has 0 saturated carbocycles. The molecule has 1 aliphatic rings. The molecule has 4 rings (SSSR count). The van der Waals surface area contributed by atoms with Gasteiger partial charge < -0.3 is 10.6 Å². The van der Waals surface area contributed by atoms with Crippen molar-refractivity contribution >= 4 is 34.7 Å². The lowest BCUT2D eigenvalue weighted by atomic mass is 10.0. The maximum atomic E-state index is 13.7. The van der Waals surface area contributed by atoms with Gasteiger partial charge in [0.25, 0.3) is 5.91 Å². The van der Waals surface area contributed by atoms with Gasteiger partial charge in [-0.05, 0) is 23.4 Å². The Kier molecular flexibility index (Phi) is 5.75. The molecule has 0 fully saturated rings. The number of nitrogens with zero attached hydrogens (tertiary/aromatic N) is 2. The van der Waals surface area contributed by atoms with Crippen molar-refractivity contribution in [2.45, 2.75) is 31.1 Å². The molecular formula is C20H18ClF3N4OS. The minimum absolute atomic E-state index is 0.0110. The summed E-state index contributed by atoms with van der Waals surface area (Å²) in [5.41, 5.74) is 0.818. The number of benzene rings is 1. The van der Waals surface area contributed by atoms with Crippen molar-refractivity contribution in [3.8, 4) is 0 Å². The summed E-state index contributed by atoms with van der Waals surface area (Å²) in [7, 11) is 0. The van der Waals surface area contributed by atoms with Crippen LogP contribution in [0.1, 0.15) is 39.4 Å². The number of rotatable bonds is 5. The summed E-state index contributed by atoms with van der Waals surface area (Å²) in [4.78, 5) is 13.3. The number of nitrogens with one attached hydrogen (secondary N) is 2. The molecule has 1 aliphatic heterocycles. The molecule has 158 valence electrons. The number of amides is 1. The summed E-state index contributed by atoms with van der Waals surface area (Å²) in [6.07, 6.45) is -4.17. The number of halogens is 4. The van der Waals surface area contributed by atoms with E-state index in [0.29, 0.717) is 13.0 Å². The molecule has 30 heavy (non-hydrogen) atoms. The molecule has 0 unspecified atom stereocenters. The quantitative estimate of drug-likeness (QED) is 0.555. The molecule has 10 heteroatoms. The van der Waals surface area contributed by atoms with Crippen molar-refractivity contribution in [3.63, 3.8) is 0 Å². The smallest absolute Gasteiger partial charge is 0.361 e. The van der Waals surface area contributed by atoms with Crippen LogP contribution in [0.4, 0.5) is 19.0 Å². The van der Waals surface area contributed by atoms with E-state index in [4.69, 9.17) is 11.6 Å². The molecule has 2 aromatic heterocycles. The highest BCUT2D eigenvalue weighted by atomic mass is 35.5. The largest absolute Gasteiger partial charge is 0.410 e. The number of hydrogen-bond acceptors (Lipinski definition) is 4. The maximum Gasteiger partial charge on any atom is 0.410 e.